The summed E-state index contributed by atoms with van der Waals surface area (Å²) in [6.07, 6.45) is 3.33. The summed E-state index contributed by atoms with van der Waals surface area (Å²) in [6.45, 7) is 4.78. The minimum absolute atomic E-state index is 0.0519. The highest BCUT2D eigenvalue weighted by Gasteiger charge is 2.16. The summed E-state index contributed by atoms with van der Waals surface area (Å²) in [5.74, 6) is 0.0519. The van der Waals surface area contributed by atoms with Gasteiger partial charge in [0.15, 0.2) is 5.16 Å². The number of anilines is 1. The van der Waals surface area contributed by atoms with Crippen molar-refractivity contribution < 1.29 is 4.79 Å². The Kier molecular flexibility index (Phi) is 5.50. The molecule has 0 fully saturated rings. The molecule has 1 unspecified atom stereocenters. The molecule has 1 aromatic carbocycles. The number of benzene rings is 1. The molecule has 6 heteroatoms. The fourth-order valence-corrected chi connectivity index (χ4v) is 2.86. The minimum Gasteiger partial charge on any atom is -0.399 e. The lowest BCUT2D eigenvalue weighted by molar-refractivity contribution is -0.120. The van der Waals surface area contributed by atoms with E-state index < -0.39 is 0 Å². The number of aromatic amines is 1. The summed E-state index contributed by atoms with van der Waals surface area (Å²) in [5.41, 5.74) is 8.20. The fraction of sp³-hybridized carbons (Fsp3) is 0.467. The van der Waals surface area contributed by atoms with Crippen LogP contribution in [-0.2, 0) is 4.79 Å². The molecular formula is C15H22N4OS. The number of fused-ring (bicyclic) bond motifs is 1. The number of aromatic nitrogens is 2. The van der Waals surface area contributed by atoms with Crippen molar-refractivity contribution >= 4 is 34.4 Å². The van der Waals surface area contributed by atoms with E-state index in [1.165, 1.54) is 11.8 Å². The average molecular weight is 306 g/mol. The first kappa shape index (κ1) is 15.7. The number of nitrogens with two attached hydrogens (primary N) is 1. The van der Waals surface area contributed by atoms with Crippen LogP contribution in [0, 0.1) is 0 Å². The monoisotopic (exact) mass is 306 g/mol. The molecule has 0 bridgehead atoms. The second kappa shape index (κ2) is 7.36. The van der Waals surface area contributed by atoms with Crippen molar-refractivity contribution in [3.63, 3.8) is 0 Å². The van der Waals surface area contributed by atoms with E-state index >= 15 is 0 Å². The number of unbranched alkanes of at least 4 members (excludes halogenated alkanes) is 2. The normalized spacial score (nSPS) is 12.5. The summed E-state index contributed by atoms with van der Waals surface area (Å²) in [5, 5.41) is 3.52. The van der Waals surface area contributed by atoms with E-state index in [0.29, 0.717) is 5.69 Å². The van der Waals surface area contributed by atoms with E-state index in [-0.39, 0.29) is 11.2 Å². The lowest BCUT2D eigenvalue weighted by Crippen LogP contribution is -2.31. The Hall–Kier alpha value is -1.69. The smallest absolute Gasteiger partial charge is 0.233 e. The zero-order valence-corrected chi connectivity index (χ0v) is 13.3. The highest BCUT2D eigenvalue weighted by Crippen LogP contribution is 2.24. The summed E-state index contributed by atoms with van der Waals surface area (Å²) in [7, 11) is 0. The Labute approximate surface area is 129 Å². The number of nitrogens with one attached hydrogen (secondary N) is 2. The first-order valence-corrected chi connectivity index (χ1v) is 8.17. The SMILES string of the molecule is CCCCCNC(=O)C(C)Sc1nc2ccc(N)cc2[nH]1. The van der Waals surface area contributed by atoms with Gasteiger partial charge in [0.25, 0.3) is 0 Å². The van der Waals surface area contributed by atoms with Crippen molar-refractivity contribution in [3.05, 3.63) is 18.2 Å². The van der Waals surface area contributed by atoms with E-state index in [4.69, 9.17) is 5.73 Å². The van der Waals surface area contributed by atoms with Gasteiger partial charge in [-0.3, -0.25) is 4.79 Å². The van der Waals surface area contributed by atoms with E-state index in [2.05, 4.69) is 22.2 Å². The third kappa shape index (κ3) is 4.39. The average Bonchev–Trinajstić information content (AvgIpc) is 2.84. The first-order chi connectivity index (χ1) is 10.1. The van der Waals surface area contributed by atoms with Crippen LogP contribution < -0.4 is 11.1 Å². The lowest BCUT2D eigenvalue weighted by Gasteiger charge is -2.10. The zero-order valence-electron chi connectivity index (χ0n) is 12.5. The number of rotatable bonds is 7. The van der Waals surface area contributed by atoms with Crippen LogP contribution in [0.4, 0.5) is 5.69 Å². The number of thioether (sulfide) groups is 1. The van der Waals surface area contributed by atoms with Crippen LogP contribution in [0.15, 0.2) is 23.4 Å². The Bertz CT molecular complexity index is 611. The third-order valence-electron chi connectivity index (χ3n) is 3.22. The Morgan fingerprint density at radius 1 is 1.48 bits per heavy atom. The van der Waals surface area contributed by atoms with E-state index in [0.717, 1.165) is 42.0 Å². The largest absolute Gasteiger partial charge is 0.399 e. The molecule has 1 atom stereocenters. The second-order valence-corrected chi connectivity index (χ2v) is 6.41. The maximum atomic E-state index is 12.0. The predicted molar refractivity (Wildman–Crippen MR) is 88.4 cm³/mol. The van der Waals surface area contributed by atoms with Gasteiger partial charge in [-0.25, -0.2) is 4.98 Å². The van der Waals surface area contributed by atoms with Crippen molar-refractivity contribution in [3.8, 4) is 0 Å². The van der Waals surface area contributed by atoms with Gasteiger partial charge in [0.05, 0.1) is 16.3 Å². The molecule has 0 saturated carbocycles. The predicted octanol–water partition coefficient (Wildman–Crippen LogP) is 2.93. The van der Waals surface area contributed by atoms with Gasteiger partial charge in [0.1, 0.15) is 0 Å². The van der Waals surface area contributed by atoms with Crippen molar-refractivity contribution in [2.45, 2.75) is 43.5 Å². The van der Waals surface area contributed by atoms with Gasteiger partial charge in [0, 0.05) is 12.2 Å². The van der Waals surface area contributed by atoms with Gasteiger partial charge in [-0.15, -0.1) is 0 Å². The summed E-state index contributed by atoms with van der Waals surface area (Å²) < 4.78 is 0. The number of nitrogens with zero attached hydrogens (tertiary/aromatic N) is 1. The lowest BCUT2D eigenvalue weighted by atomic mass is 10.2. The van der Waals surface area contributed by atoms with Gasteiger partial charge in [-0.2, -0.15) is 0 Å². The van der Waals surface area contributed by atoms with Gasteiger partial charge in [-0.05, 0) is 31.5 Å². The molecule has 5 nitrogen and oxygen atoms in total. The number of H-pyrrole nitrogens is 1. The van der Waals surface area contributed by atoms with Gasteiger partial charge >= 0.3 is 0 Å². The number of nitrogen functional groups attached to an aromatic ring is 1. The van der Waals surface area contributed by atoms with Crippen LogP contribution in [0.2, 0.25) is 0 Å². The van der Waals surface area contributed by atoms with Crippen molar-refractivity contribution in [2.75, 3.05) is 12.3 Å². The van der Waals surface area contributed by atoms with Crippen LogP contribution in [0.3, 0.4) is 0 Å². The standard InChI is InChI=1S/C15H22N4OS/c1-3-4-5-8-17-14(20)10(2)21-15-18-12-7-6-11(16)9-13(12)19-15/h6-7,9-10H,3-5,8,16H2,1-2H3,(H,17,20)(H,18,19). The van der Waals surface area contributed by atoms with Crippen LogP contribution in [-0.4, -0.2) is 27.7 Å². The minimum atomic E-state index is -0.176. The van der Waals surface area contributed by atoms with Gasteiger partial charge in [-0.1, -0.05) is 31.5 Å². The molecule has 0 aliphatic heterocycles. The quantitative estimate of drug-likeness (QED) is 0.417. The number of carbonyl (C=O) groups is 1. The molecule has 0 aliphatic rings. The second-order valence-electron chi connectivity index (χ2n) is 5.08. The topological polar surface area (TPSA) is 83.8 Å². The van der Waals surface area contributed by atoms with Gasteiger partial charge in [0.2, 0.25) is 5.91 Å². The van der Waals surface area contributed by atoms with Crippen molar-refractivity contribution in [1.29, 1.82) is 0 Å². The molecule has 2 aromatic rings. The van der Waals surface area contributed by atoms with Crippen LogP contribution in [0.25, 0.3) is 11.0 Å². The van der Waals surface area contributed by atoms with E-state index in [9.17, 15) is 4.79 Å². The number of hydrogen-bond donors (Lipinski definition) is 3. The Morgan fingerprint density at radius 3 is 3.05 bits per heavy atom. The van der Waals surface area contributed by atoms with E-state index in [1.54, 1.807) is 0 Å². The summed E-state index contributed by atoms with van der Waals surface area (Å²) in [4.78, 5) is 19.6. The molecule has 4 N–H and O–H groups in total. The number of imidazole rings is 1. The zero-order chi connectivity index (χ0) is 15.2. The molecule has 1 heterocycles. The molecule has 0 spiro atoms. The number of amides is 1. The fourth-order valence-electron chi connectivity index (χ4n) is 2.01. The highest BCUT2D eigenvalue weighted by atomic mass is 32.2. The van der Waals surface area contributed by atoms with Crippen molar-refractivity contribution in [2.24, 2.45) is 0 Å². The van der Waals surface area contributed by atoms with E-state index in [1.807, 2.05) is 25.1 Å². The van der Waals surface area contributed by atoms with Gasteiger partial charge < -0.3 is 16.0 Å². The maximum absolute atomic E-state index is 12.0. The molecule has 0 saturated heterocycles. The number of hydrogen-bond acceptors (Lipinski definition) is 4. The molecule has 0 aliphatic carbocycles. The summed E-state index contributed by atoms with van der Waals surface area (Å²) in [6, 6.07) is 5.55. The molecule has 21 heavy (non-hydrogen) atoms. The highest BCUT2D eigenvalue weighted by molar-refractivity contribution is 8.00. The molecule has 1 aromatic heterocycles. The first-order valence-electron chi connectivity index (χ1n) is 7.29. The van der Waals surface area contributed by atoms with Crippen LogP contribution >= 0.6 is 11.8 Å². The number of carbonyl (C=O) groups excluding carboxylic acids is 1. The Morgan fingerprint density at radius 2 is 2.29 bits per heavy atom. The maximum Gasteiger partial charge on any atom is 0.233 e. The van der Waals surface area contributed by atoms with Crippen LogP contribution in [0.5, 0.6) is 0 Å². The van der Waals surface area contributed by atoms with Crippen molar-refractivity contribution in [1.82, 2.24) is 15.3 Å². The summed E-state index contributed by atoms with van der Waals surface area (Å²) >= 11 is 1.43. The van der Waals surface area contributed by atoms with Crippen LogP contribution in [0.1, 0.15) is 33.1 Å². The molecule has 2 rings (SSSR count). The third-order valence-corrected chi connectivity index (χ3v) is 4.21. The molecule has 114 valence electrons. The molecule has 0 radical (unpaired) electrons. The Balaban J connectivity index is 1.91. The molecular weight excluding hydrogens is 284 g/mol. The molecule has 1 amide bonds.